The van der Waals surface area contributed by atoms with Gasteiger partial charge < -0.3 is 10.5 Å². The molecule has 0 aliphatic heterocycles. The fourth-order valence-corrected chi connectivity index (χ4v) is 1.73. The van der Waals surface area contributed by atoms with Crippen molar-refractivity contribution in [3.63, 3.8) is 0 Å². The van der Waals surface area contributed by atoms with Crippen molar-refractivity contribution in [2.24, 2.45) is 5.73 Å². The second-order valence-corrected chi connectivity index (χ2v) is 4.66. The molecule has 102 valence electrons. The average Bonchev–Trinajstić information content (AvgIpc) is 2.82. The molecule has 0 amide bonds. The molecule has 1 heterocycles. The van der Waals surface area contributed by atoms with Gasteiger partial charge in [0.05, 0.1) is 12.4 Å². The van der Waals surface area contributed by atoms with E-state index >= 15 is 0 Å². The second kappa shape index (κ2) is 5.84. The van der Waals surface area contributed by atoms with Crippen molar-refractivity contribution in [1.29, 1.82) is 0 Å². The maximum atomic E-state index is 13.8. The molecule has 0 spiro atoms. The summed E-state index contributed by atoms with van der Waals surface area (Å²) in [6, 6.07) is 5.13. The lowest BCUT2D eigenvalue weighted by molar-refractivity contribution is 0.439. The fraction of sp³-hybridized carbons (Fsp3) is 0.357. The molecule has 5 heteroatoms. The lowest BCUT2D eigenvalue weighted by Gasteiger charge is -2.06. The highest BCUT2D eigenvalue weighted by atomic mass is 19.1. The molecule has 4 nitrogen and oxygen atoms in total. The van der Waals surface area contributed by atoms with Crippen molar-refractivity contribution >= 4 is 0 Å². The Morgan fingerprint density at radius 2 is 2.21 bits per heavy atom. The Hall–Kier alpha value is -1.88. The second-order valence-electron chi connectivity index (χ2n) is 4.66. The number of nitrogens with zero attached hydrogens (tertiary/aromatic N) is 2. The Labute approximate surface area is 112 Å². The lowest BCUT2D eigenvalue weighted by Crippen LogP contribution is -2.03. The first-order valence-electron chi connectivity index (χ1n) is 6.30. The van der Waals surface area contributed by atoms with Gasteiger partial charge in [-0.15, -0.1) is 0 Å². The van der Waals surface area contributed by atoms with E-state index < -0.39 is 0 Å². The highest BCUT2D eigenvalue weighted by molar-refractivity contribution is 5.33. The summed E-state index contributed by atoms with van der Waals surface area (Å²) in [5, 5.41) is 4.14. The van der Waals surface area contributed by atoms with E-state index in [9.17, 15) is 4.39 Å². The molecule has 1 aromatic carbocycles. The van der Waals surface area contributed by atoms with Gasteiger partial charge in [0.15, 0.2) is 17.3 Å². The van der Waals surface area contributed by atoms with Gasteiger partial charge in [-0.2, -0.15) is 5.10 Å². The van der Waals surface area contributed by atoms with Gasteiger partial charge in [0.1, 0.15) is 0 Å². The third kappa shape index (κ3) is 3.32. The number of rotatable bonds is 5. The van der Waals surface area contributed by atoms with E-state index in [1.807, 2.05) is 19.9 Å². The van der Waals surface area contributed by atoms with Crippen LogP contribution in [-0.2, 0) is 6.42 Å². The number of ether oxygens (including phenoxy) is 1. The van der Waals surface area contributed by atoms with Crippen LogP contribution in [0.25, 0.3) is 0 Å². The maximum absolute atomic E-state index is 13.8. The van der Waals surface area contributed by atoms with Crippen LogP contribution in [0.3, 0.4) is 0 Å². The number of halogens is 1. The predicted molar refractivity (Wildman–Crippen MR) is 71.8 cm³/mol. The SMILES string of the molecule is CC(C)n1cc(Oc2ccc(CCN)cc2F)cn1. The van der Waals surface area contributed by atoms with Gasteiger partial charge in [-0.05, 0) is 44.5 Å². The lowest BCUT2D eigenvalue weighted by atomic mass is 10.1. The fourth-order valence-electron chi connectivity index (χ4n) is 1.73. The molecule has 2 aromatic rings. The third-order valence-electron chi connectivity index (χ3n) is 2.76. The van der Waals surface area contributed by atoms with E-state index in [1.54, 1.807) is 23.1 Å². The number of aromatic nitrogens is 2. The standard InChI is InChI=1S/C14H18FN3O/c1-10(2)18-9-12(8-17-18)19-14-4-3-11(5-6-16)7-13(14)15/h3-4,7-10H,5-6,16H2,1-2H3. The average molecular weight is 263 g/mol. The molecule has 0 radical (unpaired) electrons. The van der Waals surface area contributed by atoms with Gasteiger partial charge in [0.25, 0.3) is 0 Å². The van der Waals surface area contributed by atoms with E-state index in [4.69, 9.17) is 10.5 Å². The summed E-state index contributed by atoms with van der Waals surface area (Å²) in [4.78, 5) is 0. The number of hydrogen-bond donors (Lipinski definition) is 1. The van der Waals surface area contributed by atoms with Crippen molar-refractivity contribution in [2.45, 2.75) is 26.3 Å². The highest BCUT2D eigenvalue weighted by Gasteiger charge is 2.08. The Kier molecular flexibility index (Phi) is 4.16. The molecule has 0 atom stereocenters. The van der Waals surface area contributed by atoms with Crippen LogP contribution in [-0.4, -0.2) is 16.3 Å². The van der Waals surface area contributed by atoms with Gasteiger partial charge in [-0.25, -0.2) is 4.39 Å². The smallest absolute Gasteiger partial charge is 0.165 e. The summed E-state index contributed by atoms with van der Waals surface area (Å²) in [6.07, 6.45) is 3.98. The summed E-state index contributed by atoms with van der Waals surface area (Å²) < 4.78 is 21.1. The van der Waals surface area contributed by atoms with E-state index in [2.05, 4.69) is 5.10 Å². The third-order valence-corrected chi connectivity index (χ3v) is 2.76. The van der Waals surface area contributed by atoms with E-state index in [1.165, 1.54) is 6.07 Å². The minimum absolute atomic E-state index is 0.198. The number of benzene rings is 1. The molecule has 1 aromatic heterocycles. The van der Waals surface area contributed by atoms with Crippen LogP contribution in [0, 0.1) is 5.82 Å². The minimum Gasteiger partial charge on any atom is -0.451 e. The maximum Gasteiger partial charge on any atom is 0.165 e. The van der Waals surface area contributed by atoms with Crippen LogP contribution in [0.4, 0.5) is 4.39 Å². The van der Waals surface area contributed by atoms with Crippen LogP contribution in [0.1, 0.15) is 25.5 Å². The topological polar surface area (TPSA) is 53.1 Å². The highest BCUT2D eigenvalue weighted by Crippen LogP contribution is 2.25. The Balaban J connectivity index is 2.13. The molecule has 0 saturated carbocycles. The molecular weight excluding hydrogens is 245 g/mol. The van der Waals surface area contributed by atoms with Crippen molar-refractivity contribution in [3.8, 4) is 11.5 Å². The summed E-state index contributed by atoms with van der Waals surface area (Å²) in [7, 11) is 0. The Bertz CT molecular complexity index is 551. The molecule has 0 fully saturated rings. The normalized spacial score (nSPS) is 11.0. The van der Waals surface area contributed by atoms with Crippen molar-refractivity contribution in [2.75, 3.05) is 6.54 Å². The molecule has 0 saturated heterocycles. The van der Waals surface area contributed by atoms with Gasteiger partial charge in [-0.3, -0.25) is 4.68 Å². The van der Waals surface area contributed by atoms with Crippen LogP contribution in [0.5, 0.6) is 11.5 Å². The van der Waals surface area contributed by atoms with Crippen LogP contribution in [0.2, 0.25) is 0 Å². The van der Waals surface area contributed by atoms with E-state index in [0.717, 1.165) is 5.56 Å². The zero-order chi connectivity index (χ0) is 13.8. The first-order chi connectivity index (χ1) is 9.10. The molecule has 0 bridgehead atoms. The van der Waals surface area contributed by atoms with Crippen molar-refractivity contribution < 1.29 is 9.13 Å². The summed E-state index contributed by atoms with van der Waals surface area (Å²) in [5.74, 6) is 0.339. The largest absolute Gasteiger partial charge is 0.451 e. The summed E-state index contributed by atoms with van der Waals surface area (Å²) >= 11 is 0. The van der Waals surface area contributed by atoms with Crippen molar-refractivity contribution in [3.05, 3.63) is 42.0 Å². The van der Waals surface area contributed by atoms with E-state index in [-0.39, 0.29) is 17.6 Å². The quantitative estimate of drug-likeness (QED) is 0.902. The van der Waals surface area contributed by atoms with Crippen LogP contribution >= 0.6 is 0 Å². The first kappa shape index (κ1) is 13.5. The monoisotopic (exact) mass is 263 g/mol. The summed E-state index contributed by atoms with van der Waals surface area (Å²) in [5.41, 5.74) is 6.30. The molecule has 0 unspecified atom stereocenters. The first-order valence-corrected chi connectivity index (χ1v) is 6.30. The van der Waals surface area contributed by atoms with Gasteiger partial charge >= 0.3 is 0 Å². The Morgan fingerprint density at radius 3 is 2.79 bits per heavy atom. The molecule has 19 heavy (non-hydrogen) atoms. The van der Waals surface area contributed by atoms with Gasteiger partial charge in [-0.1, -0.05) is 6.07 Å². The number of hydrogen-bond acceptors (Lipinski definition) is 3. The zero-order valence-electron chi connectivity index (χ0n) is 11.1. The van der Waals surface area contributed by atoms with Crippen molar-refractivity contribution in [1.82, 2.24) is 9.78 Å². The van der Waals surface area contributed by atoms with E-state index in [0.29, 0.717) is 18.7 Å². The Morgan fingerprint density at radius 1 is 1.42 bits per heavy atom. The molecule has 2 N–H and O–H groups in total. The molecular formula is C14H18FN3O. The molecule has 0 aliphatic carbocycles. The zero-order valence-corrected chi connectivity index (χ0v) is 11.1. The van der Waals surface area contributed by atoms with Crippen LogP contribution in [0.15, 0.2) is 30.6 Å². The molecule has 0 aliphatic rings. The minimum atomic E-state index is -0.386. The molecule has 2 rings (SSSR count). The van der Waals surface area contributed by atoms with Crippen LogP contribution < -0.4 is 10.5 Å². The number of nitrogens with two attached hydrogens (primary N) is 1. The van der Waals surface area contributed by atoms with Gasteiger partial charge in [0.2, 0.25) is 0 Å². The summed E-state index contributed by atoms with van der Waals surface area (Å²) in [6.45, 7) is 4.53. The predicted octanol–water partition coefficient (Wildman–Crippen LogP) is 2.90. The van der Waals surface area contributed by atoms with Gasteiger partial charge in [0, 0.05) is 6.04 Å².